The lowest BCUT2D eigenvalue weighted by Gasteiger charge is -2.04. The molecule has 104 valence electrons. The Hall–Kier alpha value is -2.36. The molecule has 10 heteroatoms. The summed E-state index contributed by atoms with van der Waals surface area (Å²) in [5.74, 6) is 0.143. The third-order valence-electron chi connectivity index (χ3n) is 2.65. The Labute approximate surface area is 117 Å². The van der Waals surface area contributed by atoms with Gasteiger partial charge < -0.3 is 5.73 Å². The quantitative estimate of drug-likeness (QED) is 0.592. The molecule has 0 radical (unpaired) electrons. The second-order valence-corrected chi connectivity index (χ2v) is 5.04. The van der Waals surface area contributed by atoms with Gasteiger partial charge in [-0.15, -0.1) is 5.10 Å². The minimum Gasteiger partial charge on any atom is -0.368 e. The largest absolute Gasteiger partial charge is 0.368 e. The van der Waals surface area contributed by atoms with Crippen molar-refractivity contribution in [3.05, 3.63) is 16.7 Å². The lowest BCUT2D eigenvalue weighted by molar-refractivity contribution is 0.603. The Morgan fingerprint density at radius 1 is 1.40 bits per heavy atom. The molecule has 0 unspecified atom stereocenters. The molecule has 3 heterocycles. The number of anilines is 1. The van der Waals surface area contributed by atoms with E-state index in [1.807, 2.05) is 6.92 Å². The van der Waals surface area contributed by atoms with Crippen LogP contribution in [0.3, 0.4) is 0 Å². The van der Waals surface area contributed by atoms with Crippen LogP contribution in [0.15, 0.2) is 21.2 Å². The van der Waals surface area contributed by atoms with Crippen molar-refractivity contribution in [2.75, 3.05) is 5.73 Å². The summed E-state index contributed by atoms with van der Waals surface area (Å²) in [6.07, 6.45) is 2.45. The van der Waals surface area contributed by atoms with Crippen molar-refractivity contribution in [3.8, 4) is 0 Å². The first kappa shape index (κ1) is 12.7. The first-order valence-corrected chi connectivity index (χ1v) is 6.80. The number of rotatable bonds is 4. The maximum atomic E-state index is 11.7. The van der Waals surface area contributed by atoms with Gasteiger partial charge in [0.1, 0.15) is 5.03 Å². The number of fused-ring (bicyclic) bond motifs is 1. The summed E-state index contributed by atoms with van der Waals surface area (Å²) in [4.78, 5) is 19.9. The van der Waals surface area contributed by atoms with E-state index in [0.29, 0.717) is 22.4 Å². The van der Waals surface area contributed by atoms with Crippen LogP contribution in [0.1, 0.15) is 13.3 Å². The zero-order valence-electron chi connectivity index (χ0n) is 10.6. The zero-order chi connectivity index (χ0) is 14.1. The fourth-order valence-electron chi connectivity index (χ4n) is 1.79. The Morgan fingerprint density at radius 2 is 2.25 bits per heavy atom. The molecule has 0 aromatic carbocycles. The third kappa shape index (κ3) is 2.13. The smallest absolute Gasteiger partial charge is 0.343 e. The fraction of sp³-hybridized carbons (Fsp3) is 0.300. The number of nitrogens with zero attached hydrogens (tertiary/aromatic N) is 5. The van der Waals surface area contributed by atoms with E-state index in [0.717, 1.165) is 11.8 Å². The van der Waals surface area contributed by atoms with E-state index in [4.69, 9.17) is 5.73 Å². The molecular formula is C10H12N8OS. The van der Waals surface area contributed by atoms with Crippen LogP contribution >= 0.6 is 11.8 Å². The second kappa shape index (κ2) is 4.96. The van der Waals surface area contributed by atoms with Crippen LogP contribution in [0.5, 0.6) is 0 Å². The molecule has 3 aromatic rings. The first-order valence-electron chi connectivity index (χ1n) is 5.98. The predicted octanol–water partition coefficient (Wildman–Crippen LogP) is 0.381. The van der Waals surface area contributed by atoms with Gasteiger partial charge in [-0.1, -0.05) is 6.92 Å². The number of nitrogens with two attached hydrogens (primary N) is 1. The number of aromatic nitrogens is 7. The number of nitrogens with one attached hydrogen (secondary N) is 2. The molecular weight excluding hydrogens is 280 g/mol. The maximum Gasteiger partial charge on any atom is 0.343 e. The summed E-state index contributed by atoms with van der Waals surface area (Å²) in [6.45, 7) is 2.58. The van der Waals surface area contributed by atoms with Gasteiger partial charge in [0.25, 0.3) is 0 Å². The molecule has 0 bridgehead atoms. The van der Waals surface area contributed by atoms with Crippen LogP contribution in [-0.4, -0.2) is 34.9 Å². The predicted molar refractivity (Wildman–Crippen MR) is 73.4 cm³/mol. The molecule has 0 saturated carbocycles. The van der Waals surface area contributed by atoms with Crippen LogP contribution < -0.4 is 11.4 Å². The molecule has 20 heavy (non-hydrogen) atoms. The Bertz CT molecular complexity index is 803. The number of H-pyrrole nitrogens is 2. The zero-order valence-corrected chi connectivity index (χ0v) is 11.4. The monoisotopic (exact) mass is 292 g/mol. The summed E-state index contributed by atoms with van der Waals surface area (Å²) in [5.41, 5.74) is 5.98. The Morgan fingerprint density at radius 3 is 3.05 bits per heavy atom. The van der Waals surface area contributed by atoms with Crippen LogP contribution in [0.4, 0.5) is 5.95 Å². The van der Waals surface area contributed by atoms with Crippen molar-refractivity contribution in [3.63, 3.8) is 0 Å². The molecule has 3 rings (SSSR count). The van der Waals surface area contributed by atoms with E-state index < -0.39 is 0 Å². The molecule has 0 amide bonds. The van der Waals surface area contributed by atoms with Gasteiger partial charge in [-0.05, 0) is 18.2 Å². The highest BCUT2D eigenvalue weighted by atomic mass is 32.2. The highest BCUT2D eigenvalue weighted by Crippen LogP contribution is 2.29. The van der Waals surface area contributed by atoms with E-state index in [2.05, 4.69) is 30.4 Å². The molecule has 0 saturated heterocycles. The Kier molecular flexibility index (Phi) is 3.14. The normalized spacial score (nSPS) is 11.2. The van der Waals surface area contributed by atoms with Crippen molar-refractivity contribution in [2.24, 2.45) is 0 Å². The van der Waals surface area contributed by atoms with Gasteiger partial charge >= 0.3 is 5.69 Å². The van der Waals surface area contributed by atoms with E-state index in [9.17, 15) is 4.79 Å². The number of aromatic amines is 2. The van der Waals surface area contributed by atoms with Crippen molar-refractivity contribution in [1.29, 1.82) is 0 Å². The van der Waals surface area contributed by atoms with Crippen LogP contribution in [-0.2, 0) is 6.54 Å². The third-order valence-corrected chi connectivity index (χ3v) is 3.65. The highest BCUT2D eigenvalue weighted by molar-refractivity contribution is 7.99. The summed E-state index contributed by atoms with van der Waals surface area (Å²) in [7, 11) is 0. The van der Waals surface area contributed by atoms with Gasteiger partial charge in [0.15, 0.2) is 10.8 Å². The maximum absolute atomic E-state index is 11.7. The van der Waals surface area contributed by atoms with Gasteiger partial charge in [0, 0.05) is 6.54 Å². The lowest BCUT2D eigenvalue weighted by Crippen LogP contribution is -2.17. The highest BCUT2D eigenvalue weighted by Gasteiger charge is 2.14. The second-order valence-electron chi connectivity index (χ2n) is 4.08. The van der Waals surface area contributed by atoms with Crippen LogP contribution in [0.2, 0.25) is 0 Å². The van der Waals surface area contributed by atoms with E-state index in [1.54, 1.807) is 10.8 Å². The molecule has 0 aliphatic heterocycles. The van der Waals surface area contributed by atoms with Gasteiger partial charge in [-0.3, -0.25) is 9.67 Å². The van der Waals surface area contributed by atoms with Crippen LogP contribution in [0, 0.1) is 0 Å². The molecule has 0 aliphatic carbocycles. The van der Waals surface area contributed by atoms with Gasteiger partial charge in [-0.25, -0.2) is 14.9 Å². The summed E-state index contributed by atoms with van der Waals surface area (Å²) in [5, 5.41) is 15.0. The lowest BCUT2D eigenvalue weighted by atomic mass is 10.4. The van der Waals surface area contributed by atoms with E-state index in [-0.39, 0.29) is 11.6 Å². The van der Waals surface area contributed by atoms with Gasteiger partial charge in [-0.2, -0.15) is 10.1 Å². The van der Waals surface area contributed by atoms with Crippen molar-refractivity contribution in [1.82, 2.24) is 34.9 Å². The average Bonchev–Trinajstić information content (AvgIpc) is 3.00. The summed E-state index contributed by atoms with van der Waals surface area (Å²) in [6, 6.07) is 0. The van der Waals surface area contributed by atoms with Gasteiger partial charge in [0.05, 0.1) is 11.6 Å². The molecule has 4 N–H and O–H groups in total. The SMILES string of the molecule is CCCn1c(Sc2nc(N)nc3[nH]ncc23)n[nH]c1=O. The molecule has 0 spiro atoms. The van der Waals surface area contributed by atoms with Crippen molar-refractivity contribution >= 4 is 28.7 Å². The summed E-state index contributed by atoms with van der Waals surface area (Å²) < 4.78 is 1.56. The topological polar surface area (TPSA) is 131 Å². The molecule has 9 nitrogen and oxygen atoms in total. The summed E-state index contributed by atoms with van der Waals surface area (Å²) >= 11 is 1.25. The van der Waals surface area contributed by atoms with E-state index in [1.165, 1.54) is 11.8 Å². The number of nitrogen functional groups attached to an aromatic ring is 1. The van der Waals surface area contributed by atoms with Crippen molar-refractivity contribution < 1.29 is 0 Å². The molecule has 0 atom stereocenters. The fourth-order valence-corrected chi connectivity index (χ4v) is 2.74. The number of hydrogen-bond donors (Lipinski definition) is 3. The standard InChI is InChI=1S/C10H12N8OS/c1-2-3-18-9(19)16-17-10(18)20-7-5-4-12-15-6(5)13-8(11)14-7/h4H,2-3H2,1H3,(H,16,19)(H3,11,12,13,14,15). The van der Waals surface area contributed by atoms with Crippen molar-refractivity contribution in [2.45, 2.75) is 30.1 Å². The minimum atomic E-state index is -0.236. The Balaban J connectivity index is 2.05. The van der Waals surface area contributed by atoms with E-state index >= 15 is 0 Å². The molecule has 0 aliphatic rings. The molecule has 3 aromatic heterocycles. The minimum absolute atomic E-state index is 0.143. The first-order chi connectivity index (χ1) is 9.69. The van der Waals surface area contributed by atoms with Crippen LogP contribution in [0.25, 0.3) is 11.0 Å². The van der Waals surface area contributed by atoms with Gasteiger partial charge in [0.2, 0.25) is 5.95 Å². The average molecular weight is 292 g/mol. The molecule has 0 fully saturated rings. The number of hydrogen-bond acceptors (Lipinski definition) is 7.